The minimum absolute atomic E-state index is 0.592. The summed E-state index contributed by atoms with van der Waals surface area (Å²) in [6.07, 6.45) is 3.66. The Balaban J connectivity index is 2.07. The Morgan fingerprint density at radius 3 is 2.78 bits per heavy atom. The quantitative estimate of drug-likeness (QED) is 0.807. The molecular formula is C14H23N3O. The van der Waals surface area contributed by atoms with Gasteiger partial charge in [-0.1, -0.05) is 6.92 Å². The lowest BCUT2D eigenvalue weighted by Gasteiger charge is -2.22. The van der Waals surface area contributed by atoms with Gasteiger partial charge in [0.2, 0.25) is 5.88 Å². The number of hydrogen-bond acceptors (Lipinski definition) is 4. The number of nitrogens with two attached hydrogens (primary N) is 1. The van der Waals surface area contributed by atoms with E-state index in [4.69, 9.17) is 10.5 Å². The first-order valence-electron chi connectivity index (χ1n) is 6.88. The fourth-order valence-electron chi connectivity index (χ4n) is 1.92. The van der Waals surface area contributed by atoms with Gasteiger partial charge in [0.15, 0.2) is 0 Å². The molecule has 0 aliphatic heterocycles. The smallest absolute Gasteiger partial charge is 0.239 e. The van der Waals surface area contributed by atoms with Crippen LogP contribution in [0.15, 0.2) is 12.1 Å². The van der Waals surface area contributed by atoms with Crippen molar-refractivity contribution < 1.29 is 4.74 Å². The monoisotopic (exact) mass is 249 g/mol. The molecule has 0 radical (unpaired) electrons. The highest BCUT2D eigenvalue weighted by Crippen LogP contribution is 2.31. The summed E-state index contributed by atoms with van der Waals surface area (Å²) in [7, 11) is 0. The second kappa shape index (κ2) is 5.94. The third-order valence-electron chi connectivity index (χ3n) is 3.23. The molecule has 0 amide bonds. The van der Waals surface area contributed by atoms with E-state index in [0.29, 0.717) is 17.5 Å². The molecule has 1 saturated carbocycles. The number of ether oxygens (including phenoxy) is 1. The van der Waals surface area contributed by atoms with Crippen molar-refractivity contribution in [3.05, 3.63) is 12.1 Å². The standard InChI is InChI=1S/C14H23N3O/c1-3-9-17(4-2)13-8-7-12(15)14(16-13)18-10-11-5-6-11/h7-8,11H,3-6,9-10,15H2,1-2H3. The van der Waals surface area contributed by atoms with E-state index in [1.807, 2.05) is 12.1 Å². The number of nitrogens with zero attached hydrogens (tertiary/aromatic N) is 2. The maximum atomic E-state index is 5.91. The Morgan fingerprint density at radius 1 is 1.39 bits per heavy atom. The van der Waals surface area contributed by atoms with E-state index in [9.17, 15) is 0 Å². The molecule has 4 heteroatoms. The number of aromatic nitrogens is 1. The average Bonchev–Trinajstić information content (AvgIpc) is 3.19. The summed E-state index contributed by atoms with van der Waals surface area (Å²) in [5.41, 5.74) is 6.54. The lowest BCUT2D eigenvalue weighted by molar-refractivity contribution is 0.290. The highest BCUT2D eigenvalue weighted by Gasteiger charge is 2.22. The predicted molar refractivity (Wildman–Crippen MR) is 75.0 cm³/mol. The van der Waals surface area contributed by atoms with Crippen LogP contribution in [0.25, 0.3) is 0 Å². The van der Waals surface area contributed by atoms with Crippen LogP contribution in [0.2, 0.25) is 0 Å². The summed E-state index contributed by atoms with van der Waals surface area (Å²) in [5.74, 6) is 2.26. The van der Waals surface area contributed by atoms with Gasteiger partial charge in [-0.3, -0.25) is 0 Å². The van der Waals surface area contributed by atoms with Crippen molar-refractivity contribution in [1.82, 2.24) is 4.98 Å². The molecule has 0 saturated heterocycles. The first-order valence-corrected chi connectivity index (χ1v) is 6.88. The summed E-state index contributed by atoms with van der Waals surface area (Å²) in [6.45, 7) is 7.02. The third kappa shape index (κ3) is 3.28. The molecule has 0 aromatic carbocycles. The van der Waals surface area contributed by atoms with Gasteiger partial charge in [-0.15, -0.1) is 0 Å². The van der Waals surface area contributed by atoms with E-state index >= 15 is 0 Å². The summed E-state index contributed by atoms with van der Waals surface area (Å²) in [4.78, 5) is 6.78. The zero-order valence-electron chi connectivity index (χ0n) is 11.4. The second-order valence-electron chi connectivity index (χ2n) is 4.90. The molecule has 0 spiro atoms. The van der Waals surface area contributed by atoms with Crippen molar-refractivity contribution in [3.63, 3.8) is 0 Å². The fraction of sp³-hybridized carbons (Fsp3) is 0.643. The Morgan fingerprint density at radius 2 is 2.17 bits per heavy atom. The molecule has 4 nitrogen and oxygen atoms in total. The zero-order valence-corrected chi connectivity index (χ0v) is 11.4. The van der Waals surface area contributed by atoms with Crippen LogP contribution in [0.4, 0.5) is 11.5 Å². The largest absolute Gasteiger partial charge is 0.476 e. The topological polar surface area (TPSA) is 51.4 Å². The summed E-state index contributed by atoms with van der Waals surface area (Å²) < 4.78 is 5.71. The fourth-order valence-corrected chi connectivity index (χ4v) is 1.92. The van der Waals surface area contributed by atoms with Crippen molar-refractivity contribution in [2.75, 3.05) is 30.3 Å². The van der Waals surface area contributed by atoms with Gasteiger partial charge in [-0.25, -0.2) is 0 Å². The van der Waals surface area contributed by atoms with Crippen LogP contribution < -0.4 is 15.4 Å². The second-order valence-corrected chi connectivity index (χ2v) is 4.90. The number of anilines is 2. The maximum Gasteiger partial charge on any atom is 0.239 e. The van der Waals surface area contributed by atoms with Gasteiger partial charge in [0, 0.05) is 13.1 Å². The van der Waals surface area contributed by atoms with Crippen LogP contribution in [-0.2, 0) is 0 Å². The highest BCUT2D eigenvalue weighted by atomic mass is 16.5. The molecule has 0 unspecified atom stereocenters. The van der Waals surface area contributed by atoms with Crippen LogP contribution in [0.3, 0.4) is 0 Å². The summed E-state index contributed by atoms with van der Waals surface area (Å²) in [5, 5.41) is 0. The van der Waals surface area contributed by atoms with Gasteiger partial charge in [-0.05, 0) is 44.2 Å². The molecule has 1 aliphatic carbocycles. The normalized spacial score (nSPS) is 14.6. The number of hydrogen-bond donors (Lipinski definition) is 1. The van der Waals surface area contributed by atoms with E-state index in [1.54, 1.807) is 0 Å². The van der Waals surface area contributed by atoms with Crippen LogP contribution >= 0.6 is 0 Å². The minimum atomic E-state index is 0.592. The van der Waals surface area contributed by atoms with Crippen LogP contribution in [0, 0.1) is 5.92 Å². The molecule has 2 rings (SSSR count). The third-order valence-corrected chi connectivity index (χ3v) is 3.23. The van der Waals surface area contributed by atoms with Gasteiger partial charge in [0.05, 0.1) is 12.3 Å². The first kappa shape index (κ1) is 13.0. The molecule has 2 N–H and O–H groups in total. The van der Waals surface area contributed by atoms with Crippen LogP contribution in [0.5, 0.6) is 5.88 Å². The average molecular weight is 249 g/mol. The molecule has 100 valence electrons. The van der Waals surface area contributed by atoms with Gasteiger partial charge < -0.3 is 15.4 Å². The number of nitrogen functional groups attached to an aromatic ring is 1. The van der Waals surface area contributed by atoms with Crippen LogP contribution in [0.1, 0.15) is 33.1 Å². The zero-order chi connectivity index (χ0) is 13.0. The highest BCUT2D eigenvalue weighted by molar-refractivity contribution is 5.54. The Kier molecular flexibility index (Phi) is 4.28. The molecule has 0 atom stereocenters. The molecule has 1 aliphatic rings. The van der Waals surface area contributed by atoms with Gasteiger partial charge >= 0.3 is 0 Å². The van der Waals surface area contributed by atoms with Crippen molar-refractivity contribution in [2.24, 2.45) is 5.92 Å². The number of pyridine rings is 1. The van der Waals surface area contributed by atoms with E-state index in [1.165, 1.54) is 12.8 Å². The van der Waals surface area contributed by atoms with Crippen molar-refractivity contribution in [1.29, 1.82) is 0 Å². The molecule has 1 aromatic heterocycles. The molecular weight excluding hydrogens is 226 g/mol. The number of rotatable bonds is 7. The Labute approximate surface area is 109 Å². The lowest BCUT2D eigenvalue weighted by Crippen LogP contribution is -2.24. The van der Waals surface area contributed by atoms with E-state index < -0.39 is 0 Å². The van der Waals surface area contributed by atoms with E-state index in [-0.39, 0.29) is 0 Å². The molecule has 1 fully saturated rings. The summed E-state index contributed by atoms with van der Waals surface area (Å²) >= 11 is 0. The van der Waals surface area contributed by atoms with Gasteiger partial charge in [0.1, 0.15) is 5.82 Å². The van der Waals surface area contributed by atoms with E-state index in [0.717, 1.165) is 31.9 Å². The predicted octanol–water partition coefficient (Wildman–Crippen LogP) is 2.69. The van der Waals surface area contributed by atoms with Crippen LogP contribution in [-0.4, -0.2) is 24.7 Å². The van der Waals surface area contributed by atoms with Crippen molar-refractivity contribution in [2.45, 2.75) is 33.1 Å². The minimum Gasteiger partial charge on any atom is -0.476 e. The van der Waals surface area contributed by atoms with Gasteiger partial charge in [-0.2, -0.15) is 4.98 Å². The Hall–Kier alpha value is -1.45. The SMILES string of the molecule is CCCN(CC)c1ccc(N)c(OCC2CC2)n1. The lowest BCUT2D eigenvalue weighted by atomic mass is 10.3. The van der Waals surface area contributed by atoms with E-state index in [2.05, 4.69) is 23.7 Å². The Bertz CT molecular complexity index is 391. The van der Waals surface area contributed by atoms with Gasteiger partial charge in [0.25, 0.3) is 0 Å². The molecule has 1 aromatic rings. The summed E-state index contributed by atoms with van der Waals surface area (Å²) in [6, 6.07) is 3.86. The van der Waals surface area contributed by atoms with Crippen molar-refractivity contribution in [3.8, 4) is 5.88 Å². The van der Waals surface area contributed by atoms with Crippen molar-refractivity contribution >= 4 is 11.5 Å². The molecule has 0 bridgehead atoms. The molecule has 1 heterocycles. The maximum absolute atomic E-state index is 5.91. The first-order chi connectivity index (χ1) is 8.74. The molecule has 18 heavy (non-hydrogen) atoms.